The van der Waals surface area contributed by atoms with Crippen LogP contribution in [0.25, 0.3) is 11.4 Å². The summed E-state index contributed by atoms with van der Waals surface area (Å²) >= 11 is 0. The van der Waals surface area contributed by atoms with Gasteiger partial charge in [0.1, 0.15) is 0 Å². The van der Waals surface area contributed by atoms with E-state index in [4.69, 9.17) is 0 Å². The topological polar surface area (TPSA) is 75.9 Å². The highest BCUT2D eigenvalue weighted by Gasteiger charge is 2.28. The number of carbonyl (C=O) groups is 1. The van der Waals surface area contributed by atoms with Crippen molar-refractivity contribution in [1.82, 2.24) is 25.1 Å². The molecular formula is C21H32N6O. The lowest BCUT2D eigenvalue weighted by molar-refractivity contribution is 0.205. The Balaban J connectivity index is 1.63. The molecule has 28 heavy (non-hydrogen) atoms. The van der Waals surface area contributed by atoms with Crippen LogP contribution in [-0.4, -0.2) is 44.2 Å². The summed E-state index contributed by atoms with van der Waals surface area (Å²) in [5, 5.41) is 15.1. The van der Waals surface area contributed by atoms with Gasteiger partial charge >= 0.3 is 6.03 Å². The third-order valence-corrected chi connectivity index (χ3v) is 5.02. The van der Waals surface area contributed by atoms with Gasteiger partial charge in [-0.1, -0.05) is 27.7 Å². The van der Waals surface area contributed by atoms with Crippen LogP contribution < -0.4 is 5.32 Å². The average molecular weight is 385 g/mol. The number of nitrogens with zero attached hydrogens (tertiary/aromatic N) is 5. The van der Waals surface area contributed by atoms with E-state index in [9.17, 15) is 4.79 Å². The smallest absolute Gasteiger partial charge is 0.321 e. The summed E-state index contributed by atoms with van der Waals surface area (Å²) in [6, 6.07) is 8.17. The molecule has 1 fully saturated rings. The second-order valence-electron chi connectivity index (χ2n) is 8.54. The Labute approximate surface area is 167 Å². The van der Waals surface area contributed by atoms with E-state index >= 15 is 0 Å². The van der Waals surface area contributed by atoms with Crippen molar-refractivity contribution in [3.05, 3.63) is 24.3 Å². The summed E-state index contributed by atoms with van der Waals surface area (Å²) in [4.78, 5) is 14.7. The molecule has 1 aliphatic carbocycles. The molecule has 1 heterocycles. The lowest BCUT2D eigenvalue weighted by Gasteiger charge is -2.25. The first-order chi connectivity index (χ1) is 13.4. The van der Waals surface area contributed by atoms with Crippen LogP contribution in [0.15, 0.2) is 24.3 Å². The maximum Gasteiger partial charge on any atom is 0.321 e. The highest BCUT2D eigenvalue weighted by Crippen LogP contribution is 2.36. The zero-order chi connectivity index (χ0) is 20.1. The molecule has 1 saturated carbocycles. The molecular weight excluding hydrogens is 352 g/mol. The summed E-state index contributed by atoms with van der Waals surface area (Å²) in [6.45, 7) is 10.3. The predicted octanol–water partition coefficient (Wildman–Crippen LogP) is 4.60. The Morgan fingerprint density at radius 3 is 2.25 bits per heavy atom. The number of carbonyl (C=O) groups excluding carboxylic acids is 1. The molecule has 2 amide bonds. The summed E-state index contributed by atoms with van der Waals surface area (Å²) in [6.07, 6.45) is 4.28. The van der Waals surface area contributed by atoms with Crippen molar-refractivity contribution in [3.63, 3.8) is 0 Å². The highest BCUT2D eigenvalue weighted by molar-refractivity contribution is 5.89. The molecule has 2 aromatic rings. The number of amides is 2. The number of hydrogen-bond acceptors (Lipinski definition) is 4. The van der Waals surface area contributed by atoms with Crippen molar-refractivity contribution in [2.75, 3.05) is 18.4 Å². The SMILES string of the molecule is CC(C)CCN(CCC(C)C)C(=O)Nc1ccc(-c2nnnn2C2CC2)cc1. The van der Waals surface area contributed by atoms with E-state index in [0.29, 0.717) is 17.9 Å². The van der Waals surface area contributed by atoms with E-state index in [-0.39, 0.29) is 6.03 Å². The van der Waals surface area contributed by atoms with Gasteiger partial charge in [-0.15, -0.1) is 5.10 Å². The van der Waals surface area contributed by atoms with Crippen LogP contribution in [0.5, 0.6) is 0 Å². The van der Waals surface area contributed by atoms with Gasteiger partial charge in [0.2, 0.25) is 0 Å². The van der Waals surface area contributed by atoms with E-state index in [2.05, 4.69) is 48.5 Å². The minimum Gasteiger partial charge on any atom is -0.325 e. The van der Waals surface area contributed by atoms with Crippen molar-refractivity contribution >= 4 is 11.7 Å². The van der Waals surface area contributed by atoms with Crippen LogP contribution in [0.2, 0.25) is 0 Å². The molecule has 1 aliphatic rings. The standard InChI is InChI=1S/C21H32N6O/c1-15(2)11-13-26(14-12-16(3)4)21(28)22-18-7-5-17(6-8-18)20-23-24-25-27(20)19-9-10-19/h5-8,15-16,19H,9-14H2,1-4H3,(H,22,28). The van der Waals surface area contributed by atoms with Crippen LogP contribution in [-0.2, 0) is 0 Å². The van der Waals surface area contributed by atoms with Gasteiger partial charge in [0, 0.05) is 24.3 Å². The molecule has 0 bridgehead atoms. The van der Waals surface area contributed by atoms with Crippen molar-refractivity contribution in [3.8, 4) is 11.4 Å². The number of tetrazole rings is 1. The Bertz CT molecular complexity index is 751. The van der Waals surface area contributed by atoms with Crippen LogP contribution >= 0.6 is 0 Å². The van der Waals surface area contributed by atoms with E-state index in [1.165, 1.54) is 0 Å². The molecule has 0 atom stereocenters. The number of anilines is 1. The molecule has 152 valence electrons. The first-order valence-corrected chi connectivity index (χ1v) is 10.4. The summed E-state index contributed by atoms with van der Waals surface area (Å²) in [7, 11) is 0. The summed E-state index contributed by atoms with van der Waals surface area (Å²) < 4.78 is 1.90. The van der Waals surface area contributed by atoms with Gasteiger partial charge in [0.15, 0.2) is 5.82 Å². The average Bonchev–Trinajstić information content (AvgIpc) is 3.38. The first kappa shape index (κ1) is 20.3. The van der Waals surface area contributed by atoms with E-state index in [0.717, 1.165) is 55.8 Å². The fraction of sp³-hybridized carbons (Fsp3) is 0.619. The number of urea groups is 1. The minimum atomic E-state index is -0.0307. The van der Waals surface area contributed by atoms with Gasteiger partial charge in [0.25, 0.3) is 0 Å². The molecule has 0 aliphatic heterocycles. The lowest BCUT2D eigenvalue weighted by Crippen LogP contribution is -2.37. The molecule has 1 aromatic heterocycles. The van der Waals surface area contributed by atoms with E-state index < -0.39 is 0 Å². The molecule has 0 radical (unpaired) electrons. The van der Waals surface area contributed by atoms with Gasteiger partial charge in [-0.05, 0) is 72.2 Å². The van der Waals surface area contributed by atoms with Crippen molar-refractivity contribution < 1.29 is 4.79 Å². The molecule has 7 nitrogen and oxygen atoms in total. The Kier molecular flexibility index (Phi) is 6.65. The molecule has 1 aromatic carbocycles. The zero-order valence-electron chi connectivity index (χ0n) is 17.4. The summed E-state index contributed by atoms with van der Waals surface area (Å²) in [5.41, 5.74) is 1.75. The minimum absolute atomic E-state index is 0.0307. The predicted molar refractivity (Wildman–Crippen MR) is 111 cm³/mol. The third-order valence-electron chi connectivity index (χ3n) is 5.02. The quantitative estimate of drug-likeness (QED) is 0.685. The van der Waals surface area contributed by atoms with E-state index in [1.807, 2.05) is 33.8 Å². The molecule has 0 saturated heterocycles. The van der Waals surface area contributed by atoms with Gasteiger partial charge in [0.05, 0.1) is 6.04 Å². The van der Waals surface area contributed by atoms with Crippen LogP contribution in [0.4, 0.5) is 10.5 Å². The second kappa shape index (κ2) is 9.17. The number of hydrogen-bond donors (Lipinski definition) is 1. The Morgan fingerprint density at radius 2 is 1.71 bits per heavy atom. The largest absolute Gasteiger partial charge is 0.325 e. The maximum atomic E-state index is 12.8. The van der Waals surface area contributed by atoms with Crippen LogP contribution in [0.1, 0.15) is 59.4 Å². The number of benzene rings is 1. The van der Waals surface area contributed by atoms with Gasteiger partial charge in [-0.25, -0.2) is 9.48 Å². The fourth-order valence-corrected chi connectivity index (χ4v) is 3.00. The normalized spacial score (nSPS) is 13.9. The Morgan fingerprint density at radius 1 is 1.11 bits per heavy atom. The monoisotopic (exact) mass is 384 g/mol. The van der Waals surface area contributed by atoms with Gasteiger partial charge in [-0.3, -0.25) is 0 Å². The molecule has 3 rings (SSSR count). The first-order valence-electron chi connectivity index (χ1n) is 10.4. The lowest BCUT2D eigenvalue weighted by atomic mass is 10.1. The van der Waals surface area contributed by atoms with Gasteiger partial charge in [-0.2, -0.15) is 0 Å². The maximum absolute atomic E-state index is 12.8. The Hall–Kier alpha value is -2.44. The molecule has 0 spiro atoms. The molecule has 7 heteroatoms. The van der Waals surface area contributed by atoms with Crippen molar-refractivity contribution in [2.45, 2.75) is 59.4 Å². The van der Waals surface area contributed by atoms with Crippen LogP contribution in [0, 0.1) is 11.8 Å². The fourth-order valence-electron chi connectivity index (χ4n) is 3.00. The van der Waals surface area contributed by atoms with Crippen molar-refractivity contribution in [1.29, 1.82) is 0 Å². The number of nitrogens with one attached hydrogen (secondary N) is 1. The van der Waals surface area contributed by atoms with Crippen molar-refractivity contribution in [2.24, 2.45) is 11.8 Å². The zero-order valence-corrected chi connectivity index (χ0v) is 17.4. The highest BCUT2D eigenvalue weighted by atomic mass is 16.2. The van der Waals surface area contributed by atoms with Crippen LogP contribution in [0.3, 0.4) is 0 Å². The van der Waals surface area contributed by atoms with E-state index in [1.54, 1.807) is 0 Å². The third kappa shape index (κ3) is 5.53. The summed E-state index contributed by atoms with van der Waals surface area (Å²) in [5.74, 6) is 1.94. The molecule has 0 unspecified atom stereocenters. The number of rotatable bonds is 9. The van der Waals surface area contributed by atoms with Gasteiger partial charge < -0.3 is 10.2 Å². The second-order valence-corrected chi connectivity index (χ2v) is 8.54. The number of aromatic nitrogens is 4. The molecule has 1 N–H and O–H groups in total.